The Morgan fingerprint density at radius 2 is 2.05 bits per heavy atom. The van der Waals surface area contributed by atoms with Crippen molar-refractivity contribution in [2.75, 3.05) is 31.7 Å². The summed E-state index contributed by atoms with van der Waals surface area (Å²) in [7, 11) is 1.71. The van der Waals surface area contributed by atoms with E-state index in [2.05, 4.69) is 10.5 Å². The maximum absolute atomic E-state index is 11.3. The van der Waals surface area contributed by atoms with Crippen molar-refractivity contribution >= 4 is 11.5 Å². The zero-order valence-corrected chi connectivity index (χ0v) is 11.4. The molecule has 0 aromatic carbocycles. The molecule has 106 valence electrons. The van der Waals surface area contributed by atoms with E-state index >= 15 is 0 Å². The van der Waals surface area contributed by atoms with Crippen LogP contribution in [-0.4, -0.2) is 46.0 Å². The zero-order chi connectivity index (χ0) is 14.0. The maximum atomic E-state index is 11.3. The highest BCUT2D eigenvalue weighted by Crippen LogP contribution is 2.33. The molecule has 1 aliphatic rings. The van der Waals surface area contributed by atoms with Gasteiger partial charge in [0, 0.05) is 26.1 Å². The fourth-order valence-corrected chi connectivity index (χ4v) is 2.05. The van der Waals surface area contributed by atoms with Crippen molar-refractivity contribution in [1.82, 2.24) is 14.8 Å². The first kappa shape index (κ1) is 13.8. The number of aromatic nitrogens is 2. The van der Waals surface area contributed by atoms with Crippen LogP contribution in [0.1, 0.15) is 25.5 Å². The van der Waals surface area contributed by atoms with Crippen molar-refractivity contribution in [3.05, 3.63) is 15.8 Å². The normalized spacial score (nSPS) is 16.8. The second kappa shape index (κ2) is 5.54. The summed E-state index contributed by atoms with van der Waals surface area (Å²) in [5.41, 5.74) is 3.65. The lowest BCUT2D eigenvalue weighted by molar-refractivity contribution is -0.384. The van der Waals surface area contributed by atoms with Gasteiger partial charge in [-0.25, -0.2) is 9.69 Å². The molecule has 1 aromatic rings. The van der Waals surface area contributed by atoms with Gasteiger partial charge in [0.25, 0.3) is 0 Å². The van der Waals surface area contributed by atoms with E-state index < -0.39 is 0 Å². The first-order valence-corrected chi connectivity index (χ1v) is 6.31. The Hall–Kier alpha value is -1.67. The number of nitrogens with one attached hydrogen (secondary N) is 1. The Labute approximate surface area is 111 Å². The number of morpholine rings is 1. The van der Waals surface area contributed by atoms with Crippen molar-refractivity contribution in [2.45, 2.75) is 19.8 Å². The van der Waals surface area contributed by atoms with E-state index in [0.29, 0.717) is 37.8 Å². The Balaban J connectivity index is 2.30. The maximum Gasteiger partial charge on any atom is 0.335 e. The van der Waals surface area contributed by atoms with Gasteiger partial charge >= 0.3 is 5.69 Å². The number of hydrogen-bond donors (Lipinski definition) is 1. The number of aryl methyl sites for hydroxylation is 1. The summed E-state index contributed by atoms with van der Waals surface area (Å²) in [4.78, 5) is 10.9. The van der Waals surface area contributed by atoms with E-state index in [0.717, 1.165) is 0 Å². The highest BCUT2D eigenvalue weighted by Gasteiger charge is 2.29. The van der Waals surface area contributed by atoms with Crippen molar-refractivity contribution < 1.29 is 9.66 Å². The molecule has 1 N–H and O–H groups in total. The van der Waals surface area contributed by atoms with Gasteiger partial charge in [-0.05, 0) is 0 Å². The van der Waals surface area contributed by atoms with Crippen LogP contribution in [0.3, 0.4) is 0 Å². The van der Waals surface area contributed by atoms with Crippen LogP contribution in [0, 0.1) is 10.1 Å². The third-order valence-electron chi connectivity index (χ3n) is 3.05. The molecule has 19 heavy (non-hydrogen) atoms. The van der Waals surface area contributed by atoms with E-state index in [1.807, 2.05) is 18.9 Å². The molecular weight excluding hydrogens is 250 g/mol. The number of rotatable bonds is 4. The topological polar surface area (TPSA) is 85.5 Å². The standard InChI is InChI=1S/C11H19N5O3/c1-8(2)9-10(16(17)18)11(14(3)12-9)13-15-4-6-19-7-5-15/h8,13H,4-7H2,1-3H3. The van der Waals surface area contributed by atoms with E-state index in [4.69, 9.17) is 4.74 Å². The second-order valence-corrected chi connectivity index (χ2v) is 4.83. The number of anilines is 1. The molecule has 0 saturated carbocycles. The Morgan fingerprint density at radius 3 is 2.58 bits per heavy atom. The average molecular weight is 269 g/mol. The summed E-state index contributed by atoms with van der Waals surface area (Å²) in [5, 5.41) is 17.4. The van der Waals surface area contributed by atoms with Crippen LogP contribution in [0.5, 0.6) is 0 Å². The highest BCUT2D eigenvalue weighted by molar-refractivity contribution is 5.60. The monoisotopic (exact) mass is 269 g/mol. The first-order chi connectivity index (χ1) is 9.00. The lowest BCUT2D eigenvalue weighted by atomic mass is 10.1. The number of ether oxygens (including phenoxy) is 1. The predicted molar refractivity (Wildman–Crippen MR) is 70.0 cm³/mol. The third-order valence-corrected chi connectivity index (χ3v) is 3.05. The smallest absolute Gasteiger partial charge is 0.335 e. The molecule has 1 aliphatic heterocycles. The zero-order valence-electron chi connectivity index (χ0n) is 11.4. The van der Waals surface area contributed by atoms with Crippen LogP contribution in [0.25, 0.3) is 0 Å². The minimum absolute atomic E-state index is 0.00633. The van der Waals surface area contributed by atoms with Crippen molar-refractivity contribution in [3.8, 4) is 0 Å². The molecule has 1 saturated heterocycles. The number of nitro groups is 1. The van der Waals surface area contributed by atoms with Gasteiger partial charge in [0.2, 0.25) is 5.82 Å². The molecule has 2 heterocycles. The third kappa shape index (κ3) is 2.85. The molecule has 1 fully saturated rings. The largest absolute Gasteiger partial charge is 0.379 e. The summed E-state index contributed by atoms with van der Waals surface area (Å²) in [6.45, 7) is 6.42. The summed E-state index contributed by atoms with van der Waals surface area (Å²) in [5.74, 6) is 0.433. The van der Waals surface area contributed by atoms with Gasteiger partial charge in [-0.1, -0.05) is 13.8 Å². The van der Waals surface area contributed by atoms with Crippen LogP contribution in [0.2, 0.25) is 0 Å². The molecule has 8 nitrogen and oxygen atoms in total. The molecule has 0 bridgehead atoms. The van der Waals surface area contributed by atoms with Gasteiger partial charge < -0.3 is 4.74 Å². The minimum Gasteiger partial charge on any atom is -0.379 e. The van der Waals surface area contributed by atoms with E-state index in [-0.39, 0.29) is 16.5 Å². The van der Waals surface area contributed by atoms with Crippen molar-refractivity contribution in [3.63, 3.8) is 0 Å². The Morgan fingerprint density at radius 1 is 1.42 bits per heavy atom. The molecule has 2 rings (SSSR count). The fraction of sp³-hybridized carbons (Fsp3) is 0.727. The molecule has 8 heteroatoms. The van der Waals surface area contributed by atoms with Gasteiger partial charge in [0.1, 0.15) is 5.69 Å². The Bertz CT molecular complexity index is 465. The predicted octanol–water partition coefficient (Wildman–Crippen LogP) is 1.11. The SMILES string of the molecule is CC(C)c1nn(C)c(NN2CCOCC2)c1[N+](=O)[O-]. The van der Waals surface area contributed by atoms with Crippen LogP contribution < -0.4 is 5.43 Å². The molecule has 0 amide bonds. The average Bonchev–Trinajstić information content (AvgIpc) is 2.68. The number of hydrogen-bond acceptors (Lipinski definition) is 6. The summed E-state index contributed by atoms with van der Waals surface area (Å²) < 4.78 is 6.78. The van der Waals surface area contributed by atoms with Crippen LogP contribution >= 0.6 is 0 Å². The van der Waals surface area contributed by atoms with Crippen molar-refractivity contribution in [1.29, 1.82) is 0 Å². The molecule has 0 radical (unpaired) electrons. The molecule has 0 spiro atoms. The number of nitrogens with zero attached hydrogens (tertiary/aromatic N) is 4. The van der Waals surface area contributed by atoms with E-state index in [9.17, 15) is 10.1 Å². The van der Waals surface area contributed by atoms with Gasteiger partial charge in [-0.3, -0.25) is 15.5 Å². The number of hydrazine groups is 1. The molecule has 0 unspecified atom stereocenters. The summed E-state index contributed by atoms with van der Waals surface area (Å²) in [6, 6.07) is 0. The summed E-state index contributed by atoms with van der Waals surface area (Å²) >= 11 is 0. The lowest BCUT2D eigenvalue weighted by Crippen LogP contribution is -2.40. The fourth-order valence-electron chi connectivity index (χ4n) is 2.05. The summed E-state index contributed by atoms with van der Waals surface area (Å²) in [6.07, 6.45) is 0. The molecule has 1 aromatic heterocycles. The molecule has 0 atom stereocenters. The molecular formula is C11H19N5O3. The van der Waals surface area contributed by atoms with Crippen LogP contribution in [0.15, 0.2) is 0 Å². The lowest BCUT2D eigenvalue weighted by Gasteiger charge is -2.27. The first-order valence-electron chi connectivity index (χ1n) is 6.31. The van der Waals surface area contributed by atoms with Gasteiger partial charge in [-0.2, -0.15) is 5.10 Å². The second-order valence-electron chi connectivity index (χ2n) is 4.83. The molecule has 0 aliphatic carbocycles. The Kier molecular flexibility index (Phi) is 4.01. The van der Waals surface area contributed by atoms with Gasteiger partial charge in [0.15, 0.2) is 0 Å². The van der Waals surface area contributed by atoms with E-state index in [1.165, 1.54) is 4.68 Å². The minimum atomic E-state index is -0.370. The van der Waals surface area contributed by atoms with Gasteiger partial charge in [-0.15, -0.1) is 0 Å². The van der Waals surface area contributed by atoms with Crippen molar-refractivity contribution in [2.24, 2.45) is 7.05 Å². The van der Waals surface area contributed by atoms with Crippen LogP contribution in [0.4, 0.5) is 11.5 Å². The van der Waals surface area contributed by atoms with Gasteiger partial charge in [0.05, 0.1) is 18.1 Å². The highest BCUT2D eigenvalue weighted by atomic mass is 16.6. The van der Waals surface area contributed by atoms with E-state index in [1.54, 1.807) is 7.05 Å². The van der Waals surface area contributed by atoms with Crippen LogP contribution in [-0.2, 0) is 11.8 Å². The quantitative estimate of drug-likeness (QED) is 0.651.